The SMILES string of the molecule is C#CC(C)(OC(=O)c1ccc(-[s+]2c(C)cc3ccccc32)cc1)C1CCC=C1C. The molecule has 0 saturated heterocycles. The monoisotopic (exact) mass is 401 g/mol. The zero-order valence-electron chi connectivity index (χ0n) is 17.1. The van der Waals surface area contributed by atoms with E-state index < -0.39 is 5.60 Å². The van der Waals surface area contributed by atoms with Gasteiger partial charge < -0.3 is 4.74 Å². The molecule has 1 aliphatic carbocycles. The number of hydrogen-bond donors (Lipinski definition) is 0. The number of aryl methyl sites for hydroxylation is 1. The van der Waals surface area contributed by atoms with Crippen molar-refractivity contribution in [1.29, 1.82) is 0 Å². The molecule has 3 heteroatoms. The van der Waals surface area contributed by atoms with Crippen LogP contribution in [0.2, 0.25) is 0 Å². The molecule has 0 radical (unpaired) electrons. The van der Waals surface area contributed by atoms with Crippen molar-refractivity contribution in [3.05, 3.63) is 76.7 Å². The van der Waals surface area contributed by atoms with Gasteiger partial charge in [0.25, 0.3) is 0 Å². The summed E-state index contributed by atoms with van der Waals surface area (Å²) in [5, 5.41) is 1.28. The molecule has 0 bridgehead atoms. The summed E-state index contributed by atoms with van der Waals surface area (Å²) in [4.78, 5) is 15.4. The number of carbonyl (C=O) groups excluding carboxylic acids is 1. The summed E-state index contributed by atoms with van der Waals surface area (Å²) in [5.74, 6) is 2.46. The fourth-order valence-corrected chi connectivity index (χ4v) is 6.49. The second-order valence-electron chi connectivity index (χ2n) is 7.84. The largest absolute Gasteiger partial charge is 0.442 e. The van der Waals surface area contributed by atoms with Crippen LogP contribution in [0.4, 0.5) is 0 Å². The summed E-state index contributed by atoms with van der Waals surface area (Å²) in [6, 6.07) is 18.5. The first-order valence-corrected chi connectivity index (χ1v) is 11.1. The number of fused-ring (bicyclic) bond motifs is 1. The van der Waals surface area contributed by atoms with Crippen LogP contribution in [0.25, 0.3) is 15.0 Å². The number of rotatable bonds is 4. The van der Waals surface area contributed by atoms with E-state index in [2.05, 4.69) is 56.2 Å². The summed E-state index contributed by atoms with van der Waals surface area (Å²) < 4.78 is 7.18. The van der Waals surface area contributed by atoms with E-state index in [-0.39, 0.29) is 22.4 Å². The summed E-state index contributed by atoms with van der Waals surface area (Å²) in [6.07, 6.45) is 9.87. The van der Waals surface area contributed by atoms with Crippen LogP contribution in [0.1, 0.15) is 41.9 Å². The standard InChI is InChI=1S/C26H25O2S/c1-5-26(4,23-11-8-9-18(23)2)28-25(27)20-13-15-22(16-14-20)29-19(3)17-21-10-6-7-12-24(21)29/h1,6-7,9-10,12-17,23H,8,11H2,2-4H3/q+1. The lowest BCUT2D eigenvalue weighted by Gasteiger charge is -2.31. The molecule has 4 rings (SSSR count). The number of thiophene rings is 1. The van der Waals surface area contributed by atoms with Crippen LogP contribution < -0.4 is 0 Å². The molecule has 1 heterocycles. The Morgan fingerprint density at radius 1 is 1.17 bits per heavy atom. The first-order chi connectivity index (χ1) is 13.9. The Kier molecular flexibility index (Phi) is 5.06. The molecule has 1 aliphatic rings. The molecule has 0 amide bonds. The van der Waals surface area contributed by atoms with Crippen molar-refractivity contribution >= 4 is 26.5 Å². The van der Waals surface area contributed by atoms with Gasteiger partial charge in [0.2, 0.25) is 0 Å². The third-order valence-corrected chi connectivity index (χ3v) is 8.19. The normalized spacial score (nSPS) is 18.8. The Morgan fingerprint density at radius 3 is 2.55 bits per heavy atom. The van der Waals surface area contributed by atoms with Gasteiger partial charge in [-0.25, -0.2) is 4.79 Å². The molecule has 0 spiro atoms. The van der Waals surface area contributed by atoms with Gasteiger partial charge in [-0.05, 0) is 63.1 Å². The molecule has 3 atom stereocenters. The van der Waals surface area contributed by atoms with E-state index in [9.17, 15) is 4.79 Å². The Labute approximate surface area is 175 Å². The van der Waals surface area contributed by atoms with Crippen molar-refractivity contribution in [3.63, 3.8) is 0 Å². The first kappa shape index (κ1) is 19.5. The fourth-order valence-electron chi connectivity index (χ4n) is 4.29. The third-order valence-electron chi connectivity index (χ3n) is 5.87. The average Bonchev–Trinajstić information content (AvgIpc) is 3.30. The van der Waals surface area contributed by atoms with E-state index in [0.717, 1.165) is 12.8 Å². The van der Waals surface area contributed by atoms with Crippen molar-refractivity contribution < 1.29 is 9.53 Å². The molecule has 1 aromatic heterocycles. The van der Waals surface area contributed by atoms with Crippen molar-refractivity contribution in [2.45, 2.75) is 39.2 Å². The lowest BCUT2D eigenvalue weighted by molar-refractivity contribution is -0.00235. The molecule has 2 aromatic carbocycles. The van der Waals surface area contributed by atoms with E-state index in [4.69, 9.17) is 11.2 Å². The number of carbonyl (C=O) groups is 1. The van der Waals surface area contributed by atoms with Gasteiger partial charge in [-0.15, -0.1) is 6.42 Å². The van der Waals surface area contributed by atoms with E-state index in [0.29, 0.717) is 5.56 Å². The minimum Gasteiger partial charge on any atom is -0.442 e. The van der Waals surface area contributed by atoms with Gasteiger partial charge in [0.05, 0.1) is 5.56 Å². The number of ether oxygens (including phenoxy) is 1. The maximum Gasteiger partial charge on any atom is 0.339 e. The van der Waals surface area contributed by atoms with Crippen molar-refractivity contribution in [1.82, 2.24) is 0 Å². The number of terminal acetylenes is 1. The van der Waals surface area contributed by atoms with Gasteiger partial charge in [0, 0.05) is 34.8 Å². The van der Waals surface area contributed by atoms with Crippen molar-refractivity contribution in [2.75, 3.05) is 0 Å². The van der Waals surface area contributed by atoms with Crippen LogP contribution >= 0.6 is 10.5 Å². The molecule has 0 aliphatic heterocycles. The van der Waals surface area contributed by atoms with Gasteiger partial charge in [-0.1, -0.05) is 29.7 Å². The molecular formula is C26H25O2S+. The smallest absolute Gasteiger partial charge is 0.339 e. The number of benzene rings is 2. The molecule has 146 valence electrons. The van der Waals surface area contributed by atoms with E-state index in [1.807, 2.05) is 31.2 Å². The third kappa shape index (κ3) is 3.50. The maximum atomic E-state index is 12.8. The van der Waals surface area contributed by atoms with Crippen molar-refractivity contribution in [2.24, 2.45) is 5.92 Å². The van der Waals surface area contributed by atoms with E-state index >= 15 is 0 Å². The fraction of sp³-hybridized carbons (Fsp3) is 0.269. The molecule has 2 nitrogen and oxygen atoms in total. The highest BCUT2D eigenvalue weighted by molar-refractivity contribution is 7.45. The zero-order valence-corrected chi connectivity index (χ0v) is 17.9. The molecule has 3 unspecified atom stereocenters. The van der Waals surface area contributed by atoms with Gasteiger partial charge in [0.1, 0.15) is 0 Å². The van der Waals surface area contributed by atoms with Gasteiger partial charge in [-0.3, -0.25) is 0 Å². The minimum absolute atomic E-state index is 0.0833. The zero-order chi connectivity index (χ0) is 20.6. The summed E-state index contributed by atoms with van der Waals surface area (Å²) >= 11 is 0. The average molecular weight is 402 g/mol. The van der Waals surface area contributed by atoms with Crippen LogP contribution in [0, 0.1) is 25.2 Å². The molecule has 0 fully saturated rings. The Hall–Kier alpha value is -2.83. The van der Waals surface area contributed by atoms with Crippen molar-refractivity contribution in [3.8, 4) is 17.2 Å². The number of esters is 1. The second kappa shape index (κ2) is 7.54. The second-order valence-corrected chi connectivity index (χ2v) is 10.0. The molecular weight excluding hydrogens is 376 g/mol. The van der Waals surface area contributed by atoms with Crippen LogP contribution in [0.15, 0.2) is 66.2 Å². The Morgan fingerprint density at radius 2 is 1.90 bits per heavy atom. The Bertz CT molecular complexity index is 1140. The van der Waals surface area contributed by atoms with E-state index in [1.165, 1.54) is 25.4 Å². The number of allylic oxidation sites excluding steroid dienone is 1. The topological polar surface area (TPSA) is 26.3 Å². The first-order valence-electron chi connectivity index (χ1n) is 9.92. The molecule has 3 aromatic rings. The summed E-state index contributed by atoms with van der Waals surface area (Å²) in [5.41, 5.74) is 0.822. The quantitative estimate of drug-likeness (QED) is 0.208. The van der Waals surface area contributed by atoms with Crippen LogP contribution in [-0.4, -0.2) is 11.6 Å². The van der Waals surface area contributed by atoms with Crippen LogP contribution in [0.3, 0.4) is 0 Å². The molecule has 29 heavy (non-hydrogen) atoms. The van der Waals surface area contributed by atoms with Crippen LogP contribution in [0.5, 0.6) is 0 Å². The van der Waals surface area contributed by atoms with Crippen LogP contribution in [-0.2, 0) is 4.74 Å². The van der Waals surface area contributed by atoms with Gasteiger partial charge in [-0.2, -0.15) is 0 Å². The Balaban J connectivity index is 1.59. The summed E-state index contributed by atoms with van der Waals surface area (Å²) in [7, 11) is -0.0900. The summed E-state index contributed by atoms with van der Waals surface area (Å²) in [6.45, 7) is 6.07. The van der Waals surface area contributed by atoms with E-state index in [1.54, 1.807) is 0 Å². The lowest BCUT2D eigenvalue weighted by atomic mass is 9.85. The molecule has 0 saturated carbocycles. The highest BCUT2D eigenvalue weighted by Crippen LogP contribution is 2.43. The predicted octanol–water partition coefficient (Wildman–Crippen LogP) is 6.79. The highest BCUT2D eigenvalue weighted by Gasteiger charge is 2.39. The minimum atomic E-state index is -0.918. The highest BCUT2D eigenvalue weighted by atomic mass is 32.2. The number of hydrogen-bond acceptors (Lipinski definition) is 2. The van der Waals surface area contributed by atoms with Gasteiger partial charge >= 0.3 is 5.97 Å². The molecule has 0 N–H and O–H groups in total. The predicted molar refractivity (Wildman–Crippen MR) is 122 cm³/mol. The lowest BCUT2D eigenvalue weighted by Crippen LogP contribution is -2.38. The maximum absolute atomic E-state index is 12.8. The van der Waals surface area contributed by atoms with Gasteiger partial charge in [0.15, 0.2) is 20.1 Å².